The fourth-order valence-corrected chi connectivity index (χ4v) is 3.09. The zero-order valence-corrected chi connectivity index (χ0v) is 14.4. The van der Waals surface area contributed by atoms with E-state index < -0.39 is 0 Å². The molecule has 0 saturated heterocycles. The van der Waals surface area contributed by atoms with E-state index in [4.69, 9.17) is 0 Å². The van der Waals surface area contributed by atoms with Gasteiger partial charge in [0.15, 0.2) is 15.5 Å². The third-order valence-corrected chi connectivity index (χ3v) is 4.76. The summed E-state index contributed by atoms with van der Waals surface area (Å²) in [4.78, 5) is 45.7. The Morgan fingerprint density at radius 2 is 0.905 bits per heavy atom. The van der Waals surface area contributed by atoms with E-state index in [1.807, 2.05) is 0 Å². The van der Waals surface area contributed by atoms with Gasteiger partial charge in [0, 0.05) is 0 Å². The predicted octanol–water partition coefficient (Wildman–Crippen LogP) is 1.91. The van der Waals surface area contributed by atoms with E-state index in [-0.39, 0.29) is 34.6 Å². The molecule has 1 aromatic rings. The van der Waals surface area contributed by atoms with Crippen LogP contribution in [0, 0.1) is 0 Å². The van der Waals surface area contributed by atoms with Gasteiger partial charge >= 0.3 is 0 Å². The first-order valence-electron chi connectivity index (χ1n) is 5.99. The molecule has 114 valence electrons. The summed E-state index contributed by atoms with van der Waals surface area (Å²) in [5, 5.41) is 1.28. The summed E-state index contributed by atoms with van der Waals surface area (Å²) in [7, 11) is 0. The Labute approximate surface area is 135 Å². The molecule has 6 nitrogen and oxygen atoms in total. The molecule has 0 spiro atoms. The topological polar surface area (TPSA) is 89.9 Å². The van der Waals surface area contributed by atoms with Crippen molar-refractivity contribution in [2.45, 2.75) is 36.2 Å². The number of rotatable bonds is 9. The zero-order valence-electron chi connectivity index (χ0n) is 11.9. The molecule has 9 heteroatoms. The Hall–Kier alpha value is -0.930. The molecule has 0 fully saturated rings. The smallest absolute Gasteiger partial charge is 0.193 e. The van der Waals surface area contributed by atoms with Gasteiger partial charge in [0.25, 0.3) is 0 Å². The van der Waals surface area contributed by atoms with E-state index in [0.717, 1.165) is 0 Å². The quantitative estimate of drug-likeness (QED) is 0.622. The zero-order chi connectivity index (χ0) is 15.8. The van der Waals surface area contributed by atoms with Crippen molar-refractivity contribution in [1.82, 2.24) is 15.0 Å². The van der Waals surface area contributed by atoms with Crippen LogP contribution in [-0.4, -0.2) is 49.6 Å². The Morgan fingerprint density at radius 1 is 0.667 bits per heavy atom. The van der Waals surface area contributed by atoms with Crippen LogP contribution in [0.15, 0.2) is 15.5 Å². The van der Waals surface area contributed by atoms with Crippen LogP contribution in [-0.2, 0) is 14.4 Å². The summed E-state index contributed by atoms with van der Waals surface area (Å²) in [6.07, 6.45) is 0. The highest BCUT2D eigenvalue weighted by atomic mass is 32.2. The standard InChI is InChI=1S/C12H15N3O3S3/c1-7(16)4-19-10-13-11(20-5-8(2)17)15-12(14-10)21-6-9(3)18/h4-6H2,1-3H3. The number of aromatic nitrogens is 3. The van der Waals surface area contributed by atoms with Crippen LogP contribution in [0.2, 0.25) is 0 Å². The van der Waals surface area contributed by atoms with Gasteiger partial charge in [-0.25, -0.2) is 0 Å². The number of nitrogens with zero attached hydrogens (tertiary/aromatic N) is 3. The van der Waals surface area contributed by atoms with Crippen molar-refractivity contribution in [1.29, 1.82) is 0 Å². The molecule has 0 aliphatic carbocycles. The maximum atomic E-state index is 11.0. The highest BCUT2D eigenvalue weighted by Crippen LogP contribution is 2.22. The van der Waals surface area contributed by atoms with Crippen molar-refractivity contribution < 1.29 is 14.4 Å². The molecule has 1 rings (SSSR count). The lowest BCUT2D eigenvalue weighted by Crippen LogP contribution is -2.03. The maximum absolute atomic E-state index is 11.0. The summed E-state index contributed by atoms with van der Waals surface area (Å²) in [5.74, 6) is 0.899. The van der Waals surface area contributed by atoms with Crippen LogP contribution < -0.4 is 0 Å². The third-order valence-electron chi connectivity index (χ3n) is 1.79. The Bertz CT molecular complexity index is 463. The molecule has 1 aromatic heterocycles. The molecule has 0 aliphatic heterocycles. The Balaban J connectivity index is 2.86. The van der Waals surface area contributed by atoms with Gasteiger partial charge in [0.2, 0.25) is 0 Å². The van der Waals surface area contributed by atoms with Gasteiger partial charge in [-0.15, -0.1) is 0 Å². The van der Waals surface area contributed by atoms with Crippen LogP contribution in [0.5, 0.6) is 0 Å². The minimum Gasteiger partial charge on any atom is -0.299 e. The van der Waals surface area contributed by atoms with Gasteiger partial charge in [0.1, 0.15) is 17.3 Å². The van der Waals surface area contributed by atoms with Crippen molar-refractivity contribution in [2.24, 2.45) is 0 Å². The SMILES string of the molecule is CC(=O)CSc1nc(SCC(C)=O)nc(SCC(C)=O)n1. The largest absolute Gasteiger partial charge is 0.299 e. The Morgan fingerprint density at radius 3 is 1.10 bits per heavy atom. The van der Waals surface area contributed by atoms with Crippen molar-refractivity contribution >= 4 is 52.6 Å². The molecule has 0 aliphatic rings. The first-order chi connectivity index (χ1) is 9.86. The summed E-state index contributed by atoms with van der Waals surface area (Å²) in [5.41, 5.74) is 0. The summed E-state index contributed by atoms with van der Waals surface area (Å²) in [6.45, 7) is 4.47. The molecule has 0 amide bonds. The molecule has 0 saturated carbocycles. The molecule has 0 bridgehead atoms. The molecular formula is C12H15N3O3S3. The lowest BCUT2D eigenvalue weighted by atomic mass is 10.5. The summed E-state index contributed by atoms with van der Waals surface area (Å²) >= 11 is 3.65. The van der Waals surface area contributed by atoms with Gasteiger partial charge < -0.3 is 0 Å². The van der Waals surface area contributed by atoms with Crippen LogP contribution in [0.25, 0.3) is 0 Å². The predicted molar refractivity (Wildman–Crippen MR) is 84.0 cm³/mol. The first-order valence-corrected chi connectivity index (χ1v) is 8.95. The second-order valence-corrected chi connectivity index (χ2v) is 6.98. The fraction of sp³-hybridized carbons (Fsp3) is 0.500. The highest BCUT2D eigenvalue weighted by molar-refractivity contribution is 8.01. The second-order valence-electron chi connectivity index (χ2n) is 4.16. The number of carbonyl (C=O) groups is 3. The average molecular weight is 345 g/mol. The number of carbonyl (C=O) groups excluding carboxylic acids is 3. The Kier molecular flexibility index (Phi) is 7.91. The van der Waals surface area contributed by atoms with Gasteiger partial charge in [-0.05, 0) is 20.8 Å². The van der Waals surface area contributed by atoms with Gasteiger partial charge in [-0.1, -0.05) is 35.3 Å². The highest BCUT2D eigenvalue weighted by Gasteiger charge is 2.10. The first kappa shape index (κ1) is 18.1. The molecule has 1 heterocycles. The second kappa shape index (κ2) is 9.16. The lowest BCUT2D eigenvalue weighted by Gasteiger charge is -2.05. The molecule has 0 atom stereocenters. The maximum Gasteiger partial charge on any atom is 0.193 e. The minimum absolute atomic E-state index is 0.0243. The van der Waals surface area contributed by atoms with Crippen LogP contribution >= 0.6 is 35.3 Å². The van der Waals surface area contributed by atoms with Crippen molar-refractivity contribution in [3.8, 4) is 0 Å². The molecule has 21 heavy (non-hydrogen) atoms. The van der Waals surface area contributed by atoms with E-state index in [0.29, 0.717) is 15.5 Å². The van der Waals surface area contributed by atoms with E-state index >= 15 is 0 Å². The number of hydrogen-bond donors (Lipinski definition) is 0. The molecular weight excluding hydrogens is 330 g/mol. The van der Waals surface area contributed by atoms with Crippen LogP contribution in [0.4, 0.5) is 0 Å². The van der Waals surface area contributed by atoms with E-state index in [9.17, 15) is 14.4 Å². The summed E-state index contributed by atoms with van der Waals surface area (Å²) < 4.78 is 0. The number of thioether (sulfide) groups is 3. The lowest BCUT2D eigenvalue weighted by molar-refractivity contribution is -0.115. The van der Waals surface area contributed by atoms with Crippen LogP contribution in [0.3, 0.4) is 0 Å². The number of Topliss-reactive ketones (excluding diaryl/α,β-unsaturated/α-hetero) is 3. The van der Waals surface area contributed by atoms with Gasteiger partial charge in [0.05, 0.1) is 17.3 Å². The average Bonchev–Trinajstić information content (AvgIpc) is 2.40. The van der Waals surface area contributed by atoms with Crippen LogP contribution in [0.1, 0.15) is 20.8 Å². The minimum atomic E-state index is 0.0243. The molecule has 0 unspecified atom stereocenters. The summed E-state index contributed by atoms with van der Waals surface area (Å²) in [6, 6.07) is 0. The third kappa shape index (κ3) is 8.18. The number of hydrogen-bond acceptors (Lipinski definition) is 9. The van der Waals surface area contributed by atoms with E-state index in [2.05, 4.69) is 15.0 Å². The van der Waals surface area contributed by atoms with Crippen molar-refractivity contribution in [2.75, 3.05) is 17.3 Å². The normalized spacial score (nSPS) is 10.4. The molecule has 0 aromatic carbocycles. The van der Waals surface area contributed by atoms with E-state index in [1.165, 1.54) is 56.1 Å². The molecule has 0 radical (unpaired) electrons. The van der Waals surface area contributed by atoms with E-state index in [1.54, 1.807) is 0 Å². The number of ketones is 3. The van der Waals surface area contributed by atoms with Gasteiger partial charge in [-0.2, -0.15) is 15.0 Å². The van der Waals surface area contributed by atoms with Gasteiger partial charge in [-0.3, -0.25) is 14.4 Å². The van der Waals surface area contributed by atoms with Crippen molar-refractivity contribution in [3.63, 3.8) is 0 Å². The van der Waals surface area contributed by atoms with Crippen molar-refractivity contribution in [3.05, 3.63) is 0 Å². The monoisotopic (exact) mass is 345 g/mol. The molecule has 0 N–H and O–H groups in total. The fourth-order valence-electron chi connectivity index (χ4n) is 1.01.